The Balaban J connectivity index is 2.42. The van der Waals surface area contributed by atoms with Gasteiger partial charge in [0.2, 0.25) is 0 Å². The molecule has 0 bridgehead atoms. The SMILES string of the molecule is CSC(C)(C)CNCc1ccc(C(C)C)cc1. The fourth-order valence-electron chi connectivity index (χ4n) is 1.60. The van der Waals surface area contributed by atoms with Crippen molar-refractivity contribution in [3.8, 4) is 0 Å². The Morgan fingerprint density at radius 1 is 1.18 bits per heavy atom. The first-order valence-corrected chi connectivity index (χ1v) is 7.52. The zero-order valence-electron chi connectivity index (χ0n) is 11.7. The van der Waals surface area contributed by atoms with Crippen LogP contribution in [-0.2, 0) is 6.54 Å². The van der Waals surface area contributed by atoms with Gasteiger partial charge in [0.05, 0.1) is 0 Å². The molecule has 0 atom stereocenters. The van der Waals surface area contributed by atoms with Crippen LogP contribution in [-0.4, -0.2) is 17.5 Å². The normalized spacial score (nSPS) is 12.1. The lowest BCUT2D eigenvalue weighted by Gasteiger charge is -2.22. The molecule has 0 unspecified atom stereocenters. The van der Waals surface area contributed by atoms with Gasteiger partial charge in [0.15, 0.2) is 0 Å². The van der Waals surface area contributed by atoms with Crippen molar-refractivity contribution < 1.29 is 0 Å². The Morgan fingerprint density at radius 2 is 1.76 bits per heavy atom. The number of thioether (sulfide) groups is 1. The second kappa shape index (κ2) is 6.46. The van der Waals surface area contributed by atoms with Gasteiger partial charge in [-0.1, -0.05) is 38.1 Å². The third-order valence-corrected chi connectivity index (χ3v) is 4.33. The van der Waals surface area contributed by atoms with E-state index in [0.717, 1.165) is 13.1 Å². The zero-order valence-corrected chi connectivity index (χ0v) is 12.5. The molecule has 17 heavy (non-hydrogen) atoms. The standard InChI is InChI=1S/C15H25NS/c1-12(2)14-8-6-13(7-9-14)10-16-11-15(3,4)17-5/h6-9,12,16H,10-11H2,1-5H3. The Morgan fingerprint density at radius 3 is 2.24 bits per heavy atom. The molecule has 1 aromatic rings. The van der Waals surface area contributed by atoms with Crippen LogP contribution in [0.5, 0.6) is 0 Å². The third kappa shape index (κ3) is 5.13. The summed E-state index contributed by atoms with van der Waals surface area (Å²) >= 11 is 1.91. The second-order valence-electron chi connectivity index (χ2n) is 5.46. The average Bonchev–Trinajstić information content (AvgIpc) is 2.29. The molecule has 1 nitrogen and oxygen atoms in total. The van der Waals surface area contributed by atoms with Crippen LogP contribution in [0.3, 0.4) is 0 Å². The molecule has 0 aliphatic rings. The molecule has 0 saturated heterocycles. The third-order valence-electron chi connectivity index (χ3n) is 3.08. The molecule has 96 valence electrons. The van der Waals surface area contributed by atoms with Crippen molar-refractivity contribution >= 4 is 11.8 Å². The predicted octanol–water partition coefficient (Wildman–Crippen LogP) is 4.04. The molecule has 0 radical (unpaired) electrons. The highest BCUT2D eigenvalue weighted by Gasteiger charge is 2.14. The van der Waals surface area contributed by atoms with Gasteiger partial charge in [-0.3, -0.25) is 0 Å². The monoisotopic (exact) mass is 251 g/mol. The van der Waals surface area contributed by atoms with Crippen molar-refractivity contribution in [1.82, 2.24) is 5.32 Å². The molecule has 0 saturated carbocycles. The lowest BCUT2D eigenvalue weighted by Crippen LogP contribution is -2.31. The van der Waals surface area contributed by atoms with Crippen LogP contribution in [0.1, 0.15) is 44.7 Å². The molecule has 1 N–H and O–H groups in total. The topological polar surface area (TPSA) is 12.0 Å². The summed E-state index contributed by atoms with van der Waals surface area (Å²) in [6.07, 6.45) is 2.17. The van der Waals surface area contributed by atoms with Gasteiger partial charge in [0.25, 0.3) is 0 Å². The number of nitrogens with one attached hydrogen (secondary N) is 1. The molecule has 0 aromatic heterocycles. The van der Waals surface area contributed by atoms with Gasteiger partial charge in [-0.25, -0.2) is 0 Å². The molecule has 1 rings (SSSR count). The molecule has 0 amide bonds. The van der Waals surface area contributed by atoms with E-state index >= 15 is 0 Å². The molecule has 0 spiro atoms. The highest BCUT2D eigenvalue weighted by molar-refractivity contribution is 7.99. The van der Waals surface area contributed by atoms with Gasteiger partial charge < -0.3 is 5.32 Å². The molecular formula is C15H25NS. The lowest BCUT2D eigenvalue weighted by atomic mass is 10.0. The molecule has 2 heteroatoms. The van der Waals surface area contributed by atoms with Crippen LogP contribution < -0.4 is 5.32 Å². The molecular weight excluding hydrogens is 226 g/mol. The maximum Gasteiger partial charge on any atom is 0.0225 e. The van der Waals surface area contributed by atoms with Crippen LogP contribution in [0.15, 0.2) is 24.3 Å². The molecule has 0 aliphatic carbocycles. The van der Waals surface area contributed by atoms with E-state index in [1.54, 1.807) is 0 Å². The van der Waals surface area contributed by atoms with E-state index in [1.807, 2.05) is 11.8 Å². The highest BCUT2D eigenvalue weighted by atomic mass is 32.2. The maximum absolute atomic E-state index is 3.52. The van der Waals surface area contributed by atoms with Crippen LogP contribution >= 0.6 is 11.8 Å². The maximum atomic E-state index is 3.52. The van der Waals surface area contributed by atoms with Crippen molar-refractivity contribution in [2.75, 3.05) is 12.8 Å². The van der Waals surface area contributed by atoms with E-state index < -0.39 is 0 Å². The molecule has 0 fully saturated rings. The number of hydrogen-bond donors (Lipinski definition) is 1. The quantitative estimate of drug-likeness (QED) is 0.819. The minimum absolute atomic E-state index is 0.317. The zero-order chi connectivity index (χ0) is 12.9. The van der Waals surface area contributed by atoms with Crippen molar-refractivity contribution in [3.05, 3.63) is 35.4 Å². The van der Waals surface area contributed by atoms with Crippen LogP contribution in [0.25, 0.3) is 0 Å². The summed E-state index contributed by atoms with van der Waals surface area (Å²) in [6.45, 7) is 11.0. The van der Waals surface area contributed by atoms with Crippen molar-refractivity contribution in [2.24, 2.45) is 0 Å². The average molecular weight is 251 g/mol. The summed E-state index contributed by atoms with van der Waals surface area (Å²) in [4.78, 5) is 0. The summed E-state index contributed by atoms with van der Waals surface area (Å²) in [5.41, 5.74) is 2.78. The number of benzene rings is 1. The molecule has 1 aromatic carbocycles. The molecule has 0 heterocycles. The Kier molecular flexibility index (Phi) is 5.54. The number of rotatable bonds is 6. The van der Waals surface area contributed by atoms with E-state index in [4.69, 9.17) is 0 Å². The Bertz CT molecular complexity index is 327. The Labute approximate surface area is 110 Å². The van der Waals surface area contributed by atoms with Gasteiger partial charge in [-0.2, -0.15) is 11.8 Å². The van der Waals surface area contributed by atoms with Crippen molar-refractivity contribution in [1.29, 1.82) is 0 Å². The van der Waals surface area contributed by atoms with Gasteiger partial charge in [0.1, 0.15) is 0 Å². The number of hydrogen-bond acceptors (Lipinski definition) is 2. The predicted molar refractivity (Wildman–Crippen MR) is 79.8 cm³/mol. The summed E-state index contributed by atoms with van der Waals surface area (Å²) in [5, 5.41) is 3.52. The Hall–Kier alpha value is -0.470. The summed E-state index contributed by atoms with van der Waals surface area (Å²) < 4.78 is 0.317. The van der Waals surface area contributed by atoms with Crippen molar-refractivity contribution in [2.45, 2.75) is 44.9 Å². The van der Waals surface area contributed by atoms with Crippen molar-refractivity contribution in [3.63, 3.8) is 0 Å². The van der Waals surface area contributed by atoms with E-state index in [0.29, 0.717) is 10.7 Å². The van der Waals surface area contributed by atoms with E-state index in [1.165, 1.54) is 11.1 Å². The summed E-state index contributed by atoms with van der Waals surface area (Å²) in [5.74, 6) is 0.618. The second-order valence-corrected chi connectivity index (χ2v) is 6.98. The summed E-state index contributed by atoms with van der Waals surface area (Å²) in [6, 6.07) is 8.94. The fraction of sp³-hybridized carbons (Fsp3) is 0.600. The van der Waals surface area contributed by atoms with Gasteiger partial charge in [0, 0.05) is 17.8 Å². The van der Waals surface area contributed by atoms with E-state index in [-0.39, 0.29) is 0 Å². The van der Waals surface area contributed by atoms with Crippen LogP contribution in [0, 0.1) is 0 Å². The first kappa shape index (κ1) is 14.6. The fourth-order valence-corrected chi connectivity index (χ4v) is 1.85. The van der Waals surface area contributed by atoms with Gasteiger partial charge >= 0.3 is 0 Å². The largest absolute Gasteiger partial charge is 0.311 e. The first-order chi connectivity index (χ1) is 7.94. The first-order valence-electron chi connectivity index (χ1n) is 6.29. The smallest absolute Gasteiger partial charge is 0.0225 e. The lowest BCUT2D eigenvalue weighted by molar-refractivity contribution is 0.591. The molecule has 0 aliphatic heterocycles. The van der Waals surface area contributed by atoms with Crippen LogP contribution in [0.4, 0.5) is 0 Å². The minimum atomic E-state index is 0.317. The van der Waals surface area contributed by atoms with E-state index in [9.17, 15) is 0 Å². The van der Waals surface area contributed by atoms with E-state index in [2.05, 4.69) is 63.5 Å². The highest BCUT2D eigenvalue weighted by Crippen LogP contribution is 2.20. The van der Waals surface area contributed by atoms with Gasteiger partial charge in [-0.15, -0.1) is 0 Å². The van der Waals surface area contributed by atoms with Gasteiger partial charge in [-0.05, 0) is 37.1 Å². The van der Waals surface area contributed by atoms with Crippen LogP contribution in [0.2, 0.25) is 0 Å². The minimum Gasteiger partial charge on any atom is -0.311 e. The summed E-state index contributed by atoms with van der Waals surface area (Å²) in [7, 11) is 0.